The third kappa shape index (κ3) is 1.83. The molecule has 0 atom stereocenters. The molecule has 3 rings (SSSR count). The Morgan fingerprint density at radius 3 is 2.94 bits per heavy atom. The summed E-state index contributed by atoms with van der Waals surface area (Å²) in [6.45, 7) is 2.71. The number of nitrogens with zero attached hydrogens (tertiary/aromatic N) is 2. The number of rotatable bonds is 2. The van der Waals surface area contributed by atoms with Gasteiger partial charge in [0.15, 0.2) is 0 Å². The van der Waals surface area contributed by atoms with Gasteiger partial charge >= 0.3 is 5.97 Å². The summed E-state index contributed by atoms with van der Waals surface area (Å²) in [4.78, 5) is 17.6. The highest BCUT2D eigenvalue weighted by atomic mass is 32.1. The first-order chi connectivity index (χ1) is 8.77. The highest BCUT2D eigenvalue weighted by Gasteiger charge is 2.22. The summed E-state index contributed by atoms with van der Waals surface area (Å²) in [6, 6.07) is 1.91. The third-order valence-corrected chi connectivity index (χ3v) is 3.92. The van der Waals surface area contributed by atoms with E-state index in [0.29, 0.717) is 13.2 Å². The number of anilines is 1. The fraction of sp³-hybridized carbons (Fsp3) is 0.333. The van der Waals surface area contributed by atoms with Crippen molar-refractivity contribution >= 4 is 33.2 Å². The van der Waals surface area contributed by atoms with Gasteiger partial charge in [0.25, 0.3) is 0 Å². The molecule has 0 saturated carbocycles. The Labute approximate surface area is 108 Å². The molecule has 1 aliphatic heterocycles. The Hall–Kier alpha value is -1.66. The molecule has 1 N–H and O–H groups in total. The van der Waals surface area contributed by atoms with Crippen LogP contribution in [0.5, 0.6) is 0 Å². The van der Waals surface area contributed by atoms with Crippen molar-refractivity contribution in [3.05, 3.63) is 23.2 Å². The molecule has 94 valence electrons. The minimum Gasteiger partial charge on any atom is -0.478 e. The molecule has 0 spiro atoms. The minimum absolute atomic E-state index is 0.270. The van der Waals surface area contributed by atoms with Crippen LogP contribution in [-0.2, 0) is 4.74 Å². The topological polar surface area (TPSA) is 62.7 Å². The van der Waals surface area contributed by atoms with Crippen LogP contribution in [0.2, 0.25) is 0 Å². The molecule has 0 amide bonds. The van der Waals surface area contributed by atoms with Crippen molar-refractivity contribution in [3.8, 4) is 0 Å². The summed E-state index contributed by atoms with van der Waals surface area (Å²) in [7, 11) is 0. The van der Waals surface area contributed by atoms with Gasteiger partial charge in [0.05, 0.1) is 29.1 Å². The van der Waals surface area contributed by atoms with Crippen LogP contribution in [0.4, 0.5) is 5.69 Å². The average molecular weight is 264 g/mol. The van der Waals surface area contributed by atoms with E-state index in [9.17, 15) is 9.90 Å². The zero-order valence-electron chi connectivity index (χ0n) is 9.63. The van der Waals surface area contributed by atoms with Crippen molar-refractivity contribution in [2.45, 2.75) is 0 Å². The molecule has 1 fully saturated rings. The Morgan fingerprint density at radius 2 is 2.22 bits per heavy atom. The Balaban J connectivity index is 2.18. The van der Waals surface area contributed by atoms with E-state index >= 15 is 0 Å². The lowest BCUT2D eigenvalue weighted by Crippen LogP contribution is -2.37. The molecule has 2 aromatic heterocycles. The van der Waals surface area contributed by atoms with Crippen LogP contribution >= 0.6 is 11.3 Å². The maximum Gasteiger partial charge on any atom is 0.339 e. The highest BCUT2D eigenvalue weighted by Crippen LogP contribution is 2.33. The van der Waals surface area contributed by atoms with E-state index in [1.165, 1.54) is 17.5 Å². The number of carbonyl (C=O) groups is 1. The average Bonchev–Trinajstić information content (AvgIpc) is 2.86. The number of carboxylic acid groups (broad SMARTS) is 1. The van der Waals surface area contributed by atoms with E-state index in [-0.39, 0.29) is 5.56 Å². The predicted molar refractivity (Wildman–Crippen MR) is 69.6 cm³/mol. The molecular formula is C12H12N2O3S. The molecule has 0 radical (unpaired) electrons. The number of thiophene rings is 1. The van der Waals surface area contributed by atoms with E-state index in [1.54, 1.807) is 0 Å². The summed E-state index contributed by atoms with van der Waals surface area (Å²) in [6.07, 6.45) is 1.45. The van der Waals surface area contributed by atoms with Crippen LogP contribution in [0.15, 0.2) is 17.6 Å². The van der Waals surface area contributed by atoms with E-state index in [2.05, 4.69) is 9.88 Å². The summed E-state index contributed by atoms with van der Waals surface area (Å²) in [5.74, 6) is -0.931. The number of hydrogen-bond donors (Lipinski definition) is 1. The van der Waals surface area contributed by atoms with Crippen LogP contribution in [0.3, 0.4) is 0 Å². The lowest BCUT2D eigenvalue weighted by molar-refractivity contribution is 0.0696. The third-order valence-electron chi connectivity index (χ3n) is 3.01. The molecule has 1 aliphatic rings. The number of aromatic carboxylic acids is 1. The van der Waals surface area contributed by atoms with Gasteiger partial charge in [-0.25, -0.2) is 4.79 Å². The predicted octanol–water partition coefficient (Wildman–Crippen LogP) is 1.83. The first-order valence-corrected chi connectivity index (χ1v) is 6.57. The number of morpholine rings is 1. The van der Waals surface area contributed by atoms with Gasteiger partial charge in [0.2, 0.25) is 0 Å². The molecule has 3 heterocycles. The van der Waals surface area contributed by atoms with Crippen molar-refractivity contribution in [1.29, 1.82) is 0 Å². The monoisotopic (exact) mass is 264 g/mol. The molecule has 0 bridgehead atoms. The lowest BCUT2D eigenvalue weighted by Gasteiger charge is -2.30. The van der Waals surface area contributed by atoms with E-state index in [1.807, 2.05) is 11.4 Å². The first-order valence-electron chi connectivity index (χ1n) is 5.69. The molecule has 6 heteroatoms. The smallest absolute Gasteiger partial charge is 0.339 e. The number of ether oxygens (including phenoxy) is 1. The maximum absolute atomic E-state index is 11.3. The quantitative estimate of drug-likeness (QED) is 0.896. The van der Waals surface area contributed by atoms with Gasteiger partial charge in [0.1, 0.15) is 5.56 Å². The molecule has 0 unspecified atom stereocenters. The van der Waals surface area contributed by atoms with Crippen molar-refractivity contribution in [2.75, 3.05) is 31.2 Å². The van der Waals surface area contributed by atoms with Gasteiger partial charge in [-0.3, -0.25) is 4.98 Å². The number of aromatic nitrogens is 1. The molecule has 0 aliphatic carbocycles. The Morgan fingerprint density at radius 1 is 1.44 bits per heavy atom. The fourth-order valence-corrected chi connectivity index (χ4v) is 3.08. The second-order valence-corrected chi connectivity index (χ2v) is 4.98. The van der Waals surface area contributed by atoms with Crippen molar-refractivity contribution < 1.29 is 14.6 Å². The van der Waals surface area contributed by atoms with Gasteiger partial charge < -0.3 is 14.7 Å². The molecular weight excluding hydrogens is 252 g/mol. The van der Waals surface area contributed by atoms with Crippen LogP contribution in [-0.4, -0.2) is 42.4 Å². The summed E-state index contributed by atoms with van der Waals surface area (Å²) >= 11 is 1.53. The fourth-order valence-electron chi connectivity index (χ4n) is 2.16. The highest BCUT2D eigenvalue weighted by molar-refractivity contribution is 7.17. The lowest BCUT2D eigenvalue weighted by atomic mass is 10.2. The van der Waals surface area contributed by atoms with Gasteiger partial charge in [-0.2, -0.15) is 0 Å². The standard InChI is InChI=1S/C12H12N2O3S/c15-12(16)8-7-13-9-1-6-18-11(9)10(8)14-2-4-17-5-3-14/h1,6-7H,2-5H2,(H,15,16). The largest absolute Gasteiger partial charge is 0.478 e. The summed E-state index contributed by atoms with van der Waals surface area (Å²) < 4.78 is 6.26. The second-order valence-electron chi connectivity index (χ2n) is 4.06. The van der Waals surface area contributed by atoms with Crippen LogP contribution in [0.25, 0.3) is 10.2 Å². The van der Waals surface area contributed by atoms with Crippen molar-refractivity contribution in [2.24, 2.45) is 0 Å². The summed E-state index contributed by atoms with van der Waals surface area (Å²) in [5, 5.41) is 11.2. The second kappa shape index (κ2) is 4.55. The van der Waals surface area contributed by atoms with Crippen molar-refractivity contribution in [3.63, 3.8) is 0 Å². The molecule has 0 aromatic carbocycles. The van der Waals surface area contributed by atoms with Crippen LogP contribution in [0, 0.1) is 0 Å². The van der Waals surface area contributed by atoms with E-state index in [4.69, 9.17) is 4.74 Å². The normalized spacial score (nSPS) is 16.1. The van der Waals surface area contributed by atoms with Crippen LogP contribution < -0.4 is 4.90 Å². The zero-order chi connectivity index (χ0) is 12.5. The Kier molecular flexibility index (Phi) is 2.89. The Bertz CT molecular complexity index is 590. The van der Waals surface area contributed by atoms with Gasteiger partial charge in [-0.1, -0.05) is 0 Å². The van der Waals surface area contributed by atoms with Gasteiger partial charge in [-0.15, -0.1) is 11.3 Å². The maximum atomic E-state index is 11.3. The number of fused-ring (bicyclic) bond motifs is 1. The minimum atomic E-state index is -0.931. The first kappa shape index (κ1) is 11.4. The van der Waals surface area contributed by atoms with Crippen molar-refractivity contribution in [1.82, 2.24) is 4.98 Å². The van der Waals surface area contributed by atoms with E-state index in [0.717, 1.165) is 29.0 Å². The molecule has 18 heavy (non-hydrogen) atoms. The number of carboxylic acids is 1. The molecule has 1 saturated heterocycles. The van der Waals surface area contributed by atoms with Crippen LogP contribution in [0.1, 0.15) is 10.4 Å². The van der Waals surface area contributed by atoms with Gasteiger partial charge in [0, 0.05) is 19.3 Å². The zero-order valence-corrected chi connectivity index (χ0v) is 10.4. The number of hydrogen-bond acceptors (Lipinski definition) is 5. The number of pyridine rings is 1. The van der Waals surface area contributed by atoms with Gasteiger partial charge in [-0.05, 0) is 11.4 Å². The van der Waals surface area contributed by atoms with E-state index < -0.39 is 5.97 Å². The molecule has 5 nitrogen and oxygen atoms in total. The SMILES string of the molecule is O=C(O)c1cnc2ccsc2c1N1CCOCC1. The molecule has 2 aromatic rings. The summed E-state index contributed by atoms with van der Waals surface area (Å²) in [5.41, 5.74) is 1.91.